The minimum absolute atomic E-state index is 0.142. The van der Waals surface area contributed by atoms with Crippen LogP contribution in [0.3, 0.4) is 0 Å². The van der Waals surface area contributed by atoms with E-state index in [0.717, 1.165) is 15.7 Å². The van der Waals surface area contributed by atoms with Crippen molar-refractivity contribution in [2.75, 3.05) is 18.0 Å². The zero-order valence-corrected chi connectivity index (χ0v) is 18.4. The van der Waals surface area contributed by atoms with Crippen LogP contribution < -0.4 is 16.2 Å². The van der Waals surface area contributed by atoms with Gasteiger partial charge in [-0.3, -0.25) is 9.36 Å². The van der Waals surface area contributed by atoms with Gasteiger partial charge in [0.2, 0.25) is 5.95 Å². The number of aromatic nitrogens is 2. The summed E-state index contributed by atoms with van der Waals surface area (Å²) in [5, 5.41) is 11.4. The van der Waals surface area contributed by atoms with Crippen LogP contribution in [0.25, 0.3) is 10.2 Å². The summed E-state index contributed by atoms with van der Waals surface area (Å²) in [5.74, 6) is 0.496. The number of nitrogens with two attached hydrogens (primary N) is 1. The third-order valence-corrected chi connectivity index (χ3v) is 6.61. The first kappa shape index (κ1) is 20.3. The van der Waals surface area contributed by atoms with Gasteiger partial charge in [0.1, 0.15) is 10.2 Å². The molecule has 4 aromatic rings. The summed E-state index contributed by atoms with van der Waals surface area (Å²) in [5.41, 5.74) is 8.58. The van der Waals surface area contributed by atoms with Crippen LogP contribution in [0.15, 0.2) is 69.2 Å². The maximum atomic E-state index is 13.5. The molecule has 0 amide bonds. The Bertz CT molecular complexity index is 1290. The molecule has 0 fully saturated rings. The molecule has 0 bridgehead atoms. The molecular weight excluding hydrogens is 462 g/mol. The molecule has 2 N–H and O–H groups in total. The largest absolute Gasteiger partial charge is 0.329 e. The van der Waals surface area contributed by atoms with Crippen LogP contribution in [0.2, 0.25) is 0 Å². The summed E-state index contributed by atoms with van der Waals surface area (Å²) in [4.78, 5) is 20.3. The van der Waals surface area contributed by atoms with Crippen LogP contribution in [0.5, 0.6) is 0 Å². The standard InChI is InChI=1S/C22H18BrN5OS/c23-18-14-30-20-19(18)26-22(27(11-10-24)17-8-2-1-3-9-17)28(21(20)29)13-16-7-5-4-6-15(16)12-25/h1-9,14H,10-11,13,24H2. The maximum absolute atomic E-state index is 13.5. The maximum Gasteiger partial charge on any atom is 0.273 e. The van der Waals surface area contributed by atoms with Crippen molar-refractivity contribution in [1.82, 2.24) is 9.55 Å². The van der Waals surface area contributed by atoms with Gasteiger partial charge >= 0.3 is 0 Å². The lowest BCUT2D eigenvalue weighted by atomic mass is 10.1. The molecule has 0 atom stereocenters. The van der Waals surface area contributed by atoms with E-state index >= 15 is 0 Å². The fourth-order valence-electron chi connectivity index (χ4n) is 3.33. The summed E-state index contributed by atoms with van der Waals surface area (Å²) in [6.45, 7) is 1.12. The van der Waals surface area contributed by atoms with Crippen LogP contribution >= 0.6 is 27.3 Å². The van der Waals surface area contributed by atoms with E-state index in [1.165, 1.54) is 11.3 Å². The van der Waals surface area contributed by atoms with E-state index < -0.39 is 0 Å². The zero-order valence-electron chi connectivity index (χ0n) is 16.0. The number of fused-ring (bicyclic) bond motifs is 1. The number of thiophene rings is 1. The molecule has 6 nitrogen and oxygen atoms in total. The van der Waals surface area contributed by atoms with Gasteiger partial charge in [0.05, 0.1) is 22.7 Å². The average Bonchev–Trinajstić information content (AvgIpc) is 3.15. The van der Waals surface area contributed by atoms with Crippen molar-refractivity contribution in [1.29, 1.82) is 5.26 Å². The molecule has 0 spiro atoms. The third-order valence-electron chi connectivity index (χ3n) is 4.74. The molecule has 0 radical (unpaired) electrons. The number of hydrogen-bond acceptors (Lipinski definition) is 6. The number of para-hydroxylation sites is 1. The number of nitrogens with zero attached hydrogens (tertiary/aromatic N) is 4. The Hall–Kier alpha value is -2.99. The lowest BCUT2D eigenvalue weighted by Gasteiger charge is -2.26. The van der Waals surface area contributed by atoms with Crippen LogP contribution in [0, 0.1) is 11.3 Å². The lowest BCUT2D eigenvalue weighted by Crippen LogP contribution is -2.33. The molecule has 4 rings (SSSR count). The van der Waals surface area contributed by atoms with Crippen molar-refractivity contribution in [2.45, 2.75) is 6.54 Å². The highest BCUT2D eigenvalue weighted by molar-refractivity contribution is 9.10. The molecule has 2 aromatic heterocycles. The van der Waals surface area contributed by atoms with Gasteiger partial charge in [0, 0.05) is 24.2 Å². The fourth-order valence-corrected chi connectivity index (χ4v) is 4.84. The van der Waals surface area contributed by atoms with Gasteiger partial charge in [0.15, 0.2) is 0 Å². The smallest absolute Gasteiger partial charge is 0.273 e. The predicted octanol–water partition coefficient (Wildman–Crippen LogP) is 4.24. The molecule has 0 unspecified atom stereocenters. The Balaban J connectivity index is 1.97. The molecule has 0 saturated carbocycles. The Labute approximate surface area is 185 Å². The van der Waals surface area contributed by atoms with E-state index in [9.17, 15) is 10.1 Å². The quantitative estimate of drug-likeness (QED) is 0.446. The molecule has 2 aromatic carbocycles. The molecule has 2 heterocycles. The van der Waals surface area contributed by atoms with E-state index in [1.54, 1.807) is 10.6 Å². The average molecular weight is 480 g/mol. The highest BCUT2D eigenvalue weighted by Crippen LogP contribution is 2.31. The summed E-state index contributed by atoms with van der Waals surface area (Å²) >= 11 is 4.86. The molecule has 0 saturated heterocycles. The molecule has 0 aliphatic heterocycles. The van der Waals surface area contributed by atoms with E-state index in [4.69, 9.17) is 10.7 Å². The number of nitriles is 1. The highest BCUT2D eigenvalue weighted by Gasteiger charge is 2.21. The first-order chi connectivity index (χ1) is 14.6. The minimum atomic E-state index is -0.142. The van der Waals surface area contributed by atoms with Crippen molar-refractivity contribution in [2.24, 2.45) is 5.73 Å². The molecular formula is C22H18BrN5OS. The minimum Gasteiger partial charge on any atom is -0.329 e. The van der Waals surface area contributed by atoms with Crippen molar-refractivity contribution >= 4 is 49.1 Å². The van der Waals surface area contributed by atoms with Crippen molar-refractivity contribution in [3.05, 3.63) is 85.9 Å². The van der Waals surface area contributed by atoms with Gasteiger partial charge in [-0.2, -0.15) is 5.26 Å². The SMILES string of the molecule is N#Cc1ccccc1Cn1c(N(CCN)c2ccccc2)nc2c(Br)csc2c1=O. The Morgan fingerprint density at radius 3 is 2.63 bits per heavy atom. The summed E-state index contributed by atoms with van der Waals surface area (Å²) < 4.78 is 2.98. The lowest BCUT2D eigenvalue weighted by molar-refractivity contribution is 0.722. The van der Waals surface area contributed by atoms with Gasteiger partial charge in [-0.25, -0.2) is 4.98 Å². The Morgan fingerprint density at radius 1 is 1.17 bits per heavy atom. The van der Waals surface area contributed by atoms with Gasteiger partial charge < -0.3 is 10.6 Å². The molecule has 0 aliphatic rings. The Morgan fingerprint density at radius 2 is 1.90 bits per heavy atom. The molecule has 8 heteroatoms. The van der Waals surface area contributed by atoms with Gasteiger partial charge in [-0.15, -0.1) is 11.3 Å². The molecule has 150 valence electrons. The van der Waals surface area contributed by atoms with Gasteiger partial charge in [0.25, 0.3) is 5.56 Å². The van der Waals surface area contributed by atoms with Gasteiger partial charge in [-0.05, 0) is 39.7 Å². The second kappa shape index (κ2) is 8.79. The van der Waals surface area contributed by atoms with E-state index in [2.05, 4.69) is 22.0 Å². The molecule has 30 heavy (non-hydrogen) atoms. The topological polar surface area (TPSA) is 87.9 Å². The summed E-state index contributed by atoms with van der Waals surface area (Å²) in [7, 11) is 0. The normalized spacial score (nSPS) is 10.8. The summed E-state index contributed by atoms with van der Waals surface area (Å²) in [6, 6.07) is 19.2. The first-order valence-electron chi connectivity index (χ1n) is 9.32. The number of benzene rings is 2. The van der Waals surface area contributed by atoms with Crippen LogP contribution in [-0.4, -0.2) is 22.6 Å². The second-order valence-electron chi connectivity index (χ2n) is 6.61. The zero-order chi connectivity index (χ0) is 21.1. The third kappa shape index (κ3) is 3.75. The fraction of sp³-hybridized carbons (Fsp3) is 0.136. The van der Waals surface area contributed by atoms with Crippen LogP contribution in [0.4, 0.5) is 11.6 Å². The van der Waals surface area contributed by atoms with Gasteiger partial charge in [-0.1, -0.05) is 36.4 Å². The van der Waals surface area contributed by atoms with Crippen molar-refractivity contribution in [3.63, 3.8) is 0 Å². The number of anilines is 2. The number of halogens is 1. The monoisotopic (exact) mass is 479 g/mol. The highest BCUT2D eigenvalue weighted by atomic mass is 79.9. The first-order valence-corrected chi connectivity index (χ1v) is 11.0. The predicted molar refractivity (Wildman–Crippen MR) is 124 cm³/mol. The van der Waals surface area contributed by atoms with Crippen LogP contribution in [0.1, 0.15) is 11.1 Å². The number of rotatable bonds is 6. The molecule has 0 aliphatic carbocycles. The van der Waals surface area contributed by atoms with Crippen molar-refractivity contribution < 1.29 is 0 Å². The van der Waals surface area contributed by atoms with E-state index in [-0.39, 0.29) is 12.1 Å². The van der Waals surface area contributed by atoms with E-state index in [1.807, 2.05) is 58.8 Å². The summed E-state index contributed by atoms with van der Waals surface area (Å²) in [6.07, 6.45) is 0. The van der Waals surface area contributed by atoms with Crippen molar-refractivity contribution in [3.8, 4) is 6.07 Å². The Kier molecular flexibility index (Phi) is 5.95. The van der Waals surface area contributed by atoms with E-state index in [0.29, 0.717) is 34.8 Å². The van der Waals surface area contributed by atoms with Crippen LogP contribution in [-0.2, 0) is 6.54 Å². The second-order valence-corrected chi connectivity index (χ2v) is 8.34. The number of hydrogen-bond donors (Lipinski definition) is 1.